The molecule has 0 aromatic carbocycles. The average Bonchev–Trinajstić information content (AvgIpc) is 3.02. The van der Waals surface area contributed by atoms with Gasteiger partial charge >= 0.3 is 0 Å². The quantitative estimate of drug-likeness (QED) is 0.795. The van der Waals surface area contributed by atoms with Crippen molar-refractivity contribution < 1.29 is 4.74 Å². The van der Waals surface area contributed by atoms with Crippen molar-refractivity contribution in [2.24, 2.45) is 5.92 Å². The van der Waals surface area contributed by atoms with E-state index < -0.39 is 0 Å². The molecule has 1 fully saturated rings. The van der Waals surface area contributed by atoms with Gasteiger partial charge in [-0.1, -0.05) is 13.8 Å². The highest BCUT2D eigenvalue weighted by atomic mass is 16.5. The first kappa shape index (κ1) is 15.5. The molecule has 4 nitrogen and oxygen atoms in total. The van der Waals surface area contributed by atoms with Gasteiger partial charge in [-0.05, 0) is 45.1 Å². The average molecular weight is 279 g/mol. The van der Waals surface area contributed by atoms with Crippen LogP contribution >= 0.6 is 0 Å². The van der Waals surface area contributed by atoms with Crippen molar-refractivity contribution in [2.75, 3.05) is 13.2 Å². The number of aromatic nitrogens is 2. The van der Waals surface area contributed by atoms with E-state index in [1.54, 1.807) is 0 Å². The highest BCUT2D eigenvalue weighted by Gasteiger charge is 2.15. The third-order valence-electron chi connectivity index (χ3n) is 3.99. The van der Waals surface area contributed by atoms with Gasteiger partial charge in [-0.25, -0.2) is 0 Å². The predicted octanol–water partition coefficient (Wildman–Crippen LogP) is 2.90. The van der Waals surface area contributed by atoms with Gasteiger partial charge < -0.3 is 10.1 Å². The van der Waals surface area contributed by atoms with Crippen LogP contribution in [0.2, 0.25) is 0 Å². The third kappa shape index (κ3) is 4.60. The molecule has 1 aliphatic heterocycles. The van der Waals surface area contributed by atoms with E-state index in [4.69, 9.17) is 4.74 Å². The number of hydrogen-bond donors (Lipinski definition) is 1. The Kier molecular flexibility index (Phi) is 6.05. The van der Waals surface area contributed by atoms with Crippen LogP contribution in [0, 0.1) is 12.8 Å². The Morgan fingerprint density at radius 2 is 2.35 bits per heavy atom. The molecule has 0 bridgehead atoms. The van der Waals surface area contributed by atoms with Crippen LogP contribution < -0.4 is 5.32 Å². The van der Waals surface area contributed by atoms with Crippen molar-refractivity contribution in [1.82, 2.24) is 15.1 Å². The Balaban J connectivity index is 1.73. The van der Waals surface area contributed by atoms with Crippen LogP contribution in [0.5, 0.6) is 0 Å². The summed E-state index contributed by atoms with van der Waals surface area (Å²) < 4.78 is 7.80. The van der Waals surface area contributed by atoms with Crippen LogP contribution in [0.15, 0.2) is 6.20 Å². The summed E-state index contributed by atoms with van der Waals surface area (Å²) in [5, 5.41) is 8.00. The molecule has 1 N–H and O–H groups in total. The molecule has 114 valence electrons. The molecule has 20 heavy (non-hydrogen) atoms. The van der Waals surface area contributed by atoms with Crippen LogP contribution in [0.1, 0.15) is 50.8 Å². The first-order valence-corrected chi connectivity index (χ1v) is 8.00. The molecule has 1 aromatic heterocycles. The Bertz CT molecular complexity index is 394. The fourth-order valence-corrected chi connectivity index (χ4v) is 2.72. The van der Waals surface area contributed by atoms with E-state index in [1.807, 2.05) is 6.20 Å². The van der Waals surface area contributed by atoms with E-state index in [0.29, 0.717) is 12.0 Å². The van der Waals surface area contributed by atoms with Gasteiger partial charge in [0, 0.05) is 31.0 Å². The summed E-state index contributed by atoms with van der Waals surface area (Å²) in [6, 6.07) is 0. The highest BCUT2D eigenvalue weighted by Crippen LogP contribution is 2.17. The van der Waals surface area contributed by atoms with Gasteiger partial charge in [-0.3, -0.25) is 4.68 Å². The molecule has 2 heterocycles. The molecule has 0 spiro atoms. The summed E-state index contributed by atoms with van der Waals surface area (Å²) in [4.78, 5) is 0. The van der Waals surface area contributed by atoms with Gasteiger partial charge in [0.1, 0.15) is 0 Å². The lowest BCUT2D eigenvalue weighted by Gasteiger charge is -2.10. The second-order valence-corrected chi connectivity index (χ2v) is 6.28. The van der Waals surface area contributed by atoms with E-state index in [9.17, 15) is 0 Å². The minimum absolute atomic E-state index is 0.498. The first-order valence-electron chi connectivity index (χ1n) is 8.00. The molecular formula is C16H29N3O. The van der Waals surface area contributed by atoms with Gasteiger partial charge in [-0.15, -0.1) is 0 Å². The van der Waals surface area contributed by atoms with Crippen molar-refractivity contribution in [3.05, 3.63) is 17.5 Å². The number of nitrogens with one attached hydrogen (secondary N) is 1. The lowest BCUT2D eigenvalue weighted by atomic mass is 10.1. The monoisotopic (exact) mass is 279 g/mol. The van der Waals surface area contributed by atoms with Crippen molar-refractivity contribution in [3.63, 3.8) is 0 Å². The molecule has 1 unspecified atom stereocenters. The topological polar surface area (TPSA) is 39.1 Å². The molecule has 1 atom stereocenters. The van der Waals surface area contributed by atoms with Crippen molar-refractivity contribution in [3.8, 4) is 0 Å². The van der Waals surface area contributed by atoms with Gasteiger partial charge in [0.15, 0.2) is 0 Å². The van der Waals surface area contributed by atoms with Gasteiger partial charge in [-0.2, -0.15) is 5.10 Å². The zero-order chi connectivity index (χ0) is 14.4. The van der Waals surface area contributed by atoms with Crippen LogP contribution in [0.3, 0.4) is 0 Å². The van der Waals surface area contributed by atoms with Crippen LogP contribution in [-0.4, -0.2) is 29.0 Å². The maximum atomic E-state index is 5.66. The van der Waals surface area contributed by atoms with Crippen LogP contribution in [0.4, 0.5) is 0 Å². The number of rotatable bonds is 8. The highest BCUT2D eigenvalue weighted by molar-refractivity contribution is 5.15. The fraction of sp³-hybridized carbons (Fsp3) is 0.812. The number of hydrogen-bond acceptors (Lipinski definition) is 3. The smallest absolute Gasteiger partial charge is 0.0576 e. The molecule has 1 aliphatic rings. The van der Waals surface area contributed by atoms with Crippen molar-refractivity contribution in [2.45, 2.75) is 65.6 Å². The summed E-state index contributed by atoms with van der Waals surface area (Å²) >= 11 is 0. The summed E-state index contributed by atoms with van der Waals surface area (Å²) in [5.74, 6) is 0.691. The van der Waals surface area contributed by atoms with Gasteiger partial charge in [0.25, 0.3) is 0 Å². The van der Waals surface area contributed by atoms with E-state index >= 15 is 0 Å². The van der Waals surface area contributed by atoms with E-state index in [-0.39, 0.29) is 0 Å². The van der Waals surface area contributed by atoms with Crippen molar-refractivity contribution >= 4 is 0 Å². The second kappa shape index (κ2) is 7.79. The molecule has 0 amide bonds. The first-order chi connectivity index (χ1) is 9.66. The lowest BCUT2D eigenvalue weighted by molar-refractivity contribution is 0.101. The normalized spacial score (nSPS) is 19.1. The summed E-state index contributed by atoms with van der Waals surface area (Å²) in [7, 11) is 0. The Hall–Kier alpha value is -0.870. The summed E-state index contributed by atoms with van der Waals surface area (Å²) in [6.07, 6.45) is 7.30. The molecule has 2 rings (SSSR count). The second-order valence-electron chi connectivity index (χ2n) is 6.28. The maximum Gasteiger partial charge on any atom is 0.0576 e. The maximum absolute atomic E-state index is 5.66. The Morgan fingerprint density at radius 3 is 3.05 bits per heavy atom. The molecule has 0 saturated carbocycles. The standard InChI is InChI=1S/C16H29N3O/c1-13(2)10-17-11-15-12-18-19(14(15)3)8-4-6-16-7-5-9-20-16/h12-13,16-17H,4-11H2,1-3H3. The molecule has 0 aliphatic carbocycles. The van der Waals surface area contributed by atoms with E-state index in [0.717, 1.165) is 32.7 Å². The Labute approximate surface area is 122 Å². The van der Waals surface area contributed by atoms with Crippen LogP contribution in [-0.2, 0) is 17.8 Å². The molecule has 1 saturated heterocycles. The summed E-state index contributed by atoms with van der Waals surface area (Å²) in [6.45, 7) is 10.6. The SMILES string of the molecule is Cc1c(CNCC(C)C)cnn1CCCC1CCCO1. The zero-order valence-corrected chi connectivity index (χ0v) is 13.2. The molecule has 1 aromatic rings. The molecule has 0 radical (unpaired) electrons. The van der Waals surface area contributed by atoms with E-state index in [1.165, 1.54) is 30.5 Å². The summed E-state index contributed by atoms with van der Waals surface area (Å²) in [5.41, 5.74) is 2.62. The number of ether oxygens (including phenoxy) is 1. The minimum atomic E-state index is 0.498. The molecular weight excluding hydrogens is 250 g/mol. The Morgan fingerprint density at radius 1 is 1.50 bits per heavy atom. The largest absolute Gasteiger partial charge is 0.378 e. The lowest BCUT2D eigenvalue weighted by Crippen LogP contribution is -2.19. The minimum Gasteiger partial charge on any atom is -0.378 e. The van der Waals surface area contributed by atoms with Gasteiger partial charge in [0.2, 0.25) is 0 Å². The number of nitrogens with zero attached hydrogens (tertiary/aromatic N) is 2. The predicted molar refractivity (Wildman–Crippen MR) is 81.7 cm³/mol. The van der Waals surface area contributed by atoms with Crippen molar-refractivity contribution in [1.29, 1.82) is 0 Å². The fourth-order valence-electron chi connectivity index (χ4n) is 2.72. The van der Waals surface area contributed by atoms with E-state index in [2.05, 4.69) is 35.9 Å². The van der Waals surface area contributed by atoms with Gasteiger partial charge in [0.05, 0.1) is 12.3 Å². The third-order valence-corrected chi connectivity index (χ3v) is 3.99. The number of aryl methyl sites for hydroxylation is 1. The zero-order valence-electron chi connectivity index (χ0n) is 13.2. The van der Waals surface area contributed by atoms with Crippen LogP contribution in [0.25, 0.3) is 0 Å². The molecule has 4 heteroatoms.